The summed E-state index contributed by atoms with van der Waals surface area (Å²) < 4.78 is 1.65. The number of nitrogens with zero attached hydrogens (tertiary/aromatic N) is 4. The number of carbonyl (C=O) groups is 1. The average molecular weight is 320 g/mol. The SMILES string of the molecule is CC(=O)N1CCCN(Cc2cc(=O)n3c(C)csc3n2)CC1. The predicted molar refractivity (Wildman–Crippen MR) is 86.2 cm³/mol. The second-order valence-electron chi connectivity index (χ2n) is 5.72. The van der Waals surface area contributed by atoms with Gasteiger partial charge in [0, 0.05) is 56.8 Å². The van der Waals surface area contributed by atoms with Crippen LogP contribution in [0.2, 0.25) is 0 Å². The molecule has 1 aliphatic heterocycles. The van der Waals surface area contributed by atoms with Crippen LogP contribution in [0.25, 0.3) is 4.96 Å². The number of fused-ring (bicyclic) bond motifs is 1. The van der Waals surface area contributed by atoms with Gasteiger partial charge in [-0.15, -0.1) is 11.3 Å². The zero-order valence-corrected chi connectivity index (χ0v) is 13.7. The van der Waals surface area contributed by atoms with E-state index in [0.29, 0.717) is 6.54 Å². The van der Waals surface area contributed by atoms with Crippen LogP contribution in [0.4, 0.5) is 0 Å². The Morgan fingerprint density at radius 1 is 1.32 bits per heavy atom. The predicted octanol–water partition coefficient (Wildman–Crippen LogP) is 1.12. The molecule has 1 saturated heterocycles. The molecule has 0 bridgehead atoms. The monoisotopic (exact) mass is 320 g/mol. The van der Waals surface area contributed by atoms with Crippen molar-refractivity contribution in [2.75, 3.05) is 26.2 Å². The molecule has 3 rings (SSSR count). The van der Waals surface area contributed by atoms with Crippen LogP contribution >= 0.6 is 11.3 Å². The molecule has 0 aromatic carbocycles. The van der Waals surface area contributed by atoms with Crippen molar-refractivity contribution in [3.63, 3.8) is 0 Å². The van der Waals surface area contributed by atoms with E-state index in [0.717, 1.165) is 48.9 Å². The van der Waals surface area contributed by atoms with E-state index in [1.54, 1.807) is 17.4 Å². The van der Waals surface area contributed by atoms with Crippen molar-refractivity contribution in [3.05, 3.63) is 33.2 Å². The van der Waals surface area contributed by atoms with Gasteiger partial charge >= 0.3 is 0 Å². The Hall–Kier alpha value is -1.73. The number of carbonyl (C=O) groups excluding carboxylic acids is 1. The Balaban J connectivity index is 1.76. The van der Waals surface area contributed by atoms with Crippen LogP contribution in [0.15, 0.2) is 16.2 Å². The number of aromatic nitrogens is 2. The molecule has 0 spiro atoms. The molecule has 22 heavy (non-hydrogen) atoms. The molecule has 1 amide bonds. The number of thiazole rings is 1. The lowest BCUT2D eigenvalue weighted by Crippen LogP contribution is -2.33. The zero-order valence-electron chi connectivity index (χ0n) is 12.9. The maximum Gasteiger partial charge on any atom is 0.259 e. The Morgan fingerprint density at radius 3 is 2.91 bits per heavy atom. The van der Waals surface area contributed by atoms with E-state index in [2.05, 4.69) is 9.88 Å². The molecule has 0 N–H and O–H groups in total. The Morgan fingerprint density at radius 2 is 2.14 bits per heavy atom. The van der Waals surface area contributed by atoms with E-state index < -0.39 is 0 Å². The molecule has 2 aromatic rings. The molecule has 0 aliphatic carbocycles. The molecule has 0 atom stereocenters. The third-order valence-electron chi connectivity index (χ3n) is 4.05. The Labute approximate surface area is 133 Å². The van der Waals surface area contributed by atoms with Gasteiger partial charge in [-0.25, -0.2) is 4.98 Å². The van der Waals surface area contributed by atoms with Crippen molar-refractivity contribution < 1.29 is 4.79 Å². The van der Waals surface area contributed by atoms with E-state index in [1.165, 1.54) is 11.3 Å². The van der Waals surface area contributed by atoms with Gasteiger partial charge in [0.1, 0.15) is 0 Å². The van der Waals surface area contributed by atoms with Gasteiger partial charge in [0.15, 0.2) is 4.96 Å². The van der Waals surface area contributed by atoms with Crippen molar-refractivity contribution in [1.82, 2.24) is 19.2 Å². The number of amides is 1. The minimum absolute atomic E-state index is 0.0149. The highest BCUT2D eigenvalue weighted by molar-refractivity contribution is 7.15. The Bertz CT molecular complexity index is 752. The minimum atomic E-state index is -0.0149. The van der Waals surface area contributed by atoms with Crippen LogP contribution in [-0.2, 0) is 11.3 Å². The topological polar surface area (TPSA) is 57.9 Å². The number of rotatable bonds is 2. The van der Waals surface area contributed by atoms with Crippen molar-refractivity contribution in [2.45, 2.75) is 26.8 Å². The number of aryl methyl sites for hydroxylation is 1. The first kappa shape index (κ1) is 15.2. The van der Waals surface area contributed by atoms with E-state index in [-0.39, 0.29) is 11.5 Å². The first-order chi connectivity index (χ1) is 10.5. The van der Waals surface area contributed by atoms with Gasteiger partial charge in [-0.05, 0) is 13.3 Å². The summed E-state index contributed by atoms with van der Waals surface area (Å²) in [6.45, 7) is 7.50. The van der Waals surface area contributed by atoms with Crippen molar-refractivity contribution in [2.24, 2.45) is 0 Å². The van der Waals surface area contributed by atoms with Gasteiger partial charge in [0.2, 0.25) is 5.91 Å². The molecule has 0 radical (unpaired) electrons. The van der Waals surface area contributed by atoms with Crippen molar-refractivity contribution >= 4 is 22.2 Å². The normalized spacial score (nSPS) is 16.9. The molecule has 1 aliphatic rings. The molecule has 6 nitrogen and oxygen atoms in total. The summed E-state index contributed by atoms with van der Waals surface area (Å²) >= 11 is 1.49. The van der Waals surface area contributed by atoms with Crippen LogP contribution < -0.4 is 5.56 Å². The number of hydrogen-bond acceptors (Lipinski definition) is 5. The van der Waals surface area contributed by atoms with E-state index in [9.17, 15) is 9.59 Å². The smallest absolute Gasteiger partial charge is 0.259 e. The van der Waals surface area contributed by atoms with Gasteiger partial charge in [-0.3, -0.25) is 18.9 Å². The van der Waals surface area contributed by atoms with Gasteiger partial charge in [-0.2, -0.15) is 0 Å². The zero-order chi connectivity index (χ0) is 15.7. The van der Waals surface area contributed by atoms with Crippen molar-refractivity contribution in [3.8, 4) is 0 Å². The van der Waals surface area contributed by atoms with Crippen LogP contribution in [0.3, 0.4) is 0 Å². The lowest BCUT2D eigenvalue weighted by atomic mass is 10.3. The summed E-state index contributed by atoms with van der Waals surface area (Å²) in [6, 6.07) is 1.63. The third kappa shape index (κ3) is 3.05. The van der Waals surface area contributed by atoms with Crippen LogP contribution in [0, 0.1) is 6.92 Å². The molecule has 3 heterocycles. The van der Waals surface area contributed by atoms with Crippen LogP contribution in [0.1, 0.15) is 24.7 Å². The van der Waals surface area contributed by atoms with E-state index in [1.807, 2.05) is 17.2 Å². The molecular formula is C15H20N4O2S. The maximum atomic E-state index is 12.2. The van der Waals surface area contributed by atoms with Gasteiger partial charge in [0.05, 0.1) is 5.69 Å². The summed E-state index contributed by atoms with van der Waals surface area (Å²) in [7, 11) is 0. The molecule has 0 unspecified atom stereocenters. The minimum Gasteiger partial charge on any atom is -0.342 e. The standard InChI is InChI=1S/C15H20N4O2S/c1-11-10-22-15-16-13(8-14(21)19(11)15)9-17-4-3-5-18(7-6-17)12(2)20/h8,10H,3-7,9H2,1-2H3. The second-order valence-corrected chi connectivity index (χ2v) is 6.55. The van der Waals surface area contributed by atoms with Gasteiger partial charge in [-0.1, -0.05) is 0 Å². The fourth-order valence-corrected chi connectivity index (χ4v) is 3.75. The fraction of sp³-hybridized carbons (Fsp3) is 0.533. The summed E-state index contributed by atoms with van der Waals surface area (Å²) in [5, 5.41) is 1.95. The quantitative estimate of drug-likeness (QED) is 0.832. The molecule has 2 aromatic heterocycles. The van der Waals surface area contributed by atoms with Gasteiger partial charge in [0.25, 0.3) is 5.56 Å². The maximum absolute atomic E-state index is 12.2. The lowest BCUT2D eigenvalue weighted by Gasteiger charge is -2.20. The molecule has 7 heteroatoms. The van der Waals surface area contributed by atoms with Crippen LogP contribution in [0.5, 0.6) is 0 Å². The highest BCUT2D eigenvalue weighted by Gasteiger charge is 2.17. The number of hydrogen-bond donors (Lipinski definition) is 0. The molecule has 118 valence electrons. The first-order valence-electron chi connectivity index (χ1n) is 7.49. The molecular weight excluding hydrogens is 300 g/mol. The van der Waals surface area contributed by atoms with E-state index in [4.69, 9.17) is 0 Å². The van der Waals surface area contributed by atoms with E-state index >= 15 is 0 Å². The highest BCUT2D eigenvalue weighted by Crippen LogP contribution is 2.13. The first-order valence-corrected chi connectivity index (χ1v) is 8.37. The largest absolute Gasteiger partial charge is 0.342 e. The lowest BCUT2D eigenvalue weighted by molar-refractivity contribution is -0.128. The summed E-state index contributed by atoms with van der Waals surface area (Å²) in [5.74, 6) is 0.133. The highest BCUT2D eigenvalue weighted by atomic mass is 32.1. The Kier molecular flexibility index (Phi) is 4.26. The summed E-state index contributed by atoms with van der Waals surface area (Å²) in [6.07, 6.45) is 0.957. The fourth-order valence-electron chi connectivity index (χ4n) is 2.85. The van der Waals surface area contributed by atoms with Crippen molar-refractivity contribution in [1.29, 1.82) is 0 Å². The third-order valence-corrected chi connectivity index (χ3v) is 4.99. The summed E-state index contributed by atoms with van der Waals surface area (Å²) in [5.41, 5.74) is 1.72. The van der Waals surface area contributed by atoms with Crippen LogP contribution in [-0.4, -0.2) is 51.3 Å². The second kappa shape index (κ2) is 6.18. The summed E-state index contributed by atoms with van der Waals surface area (Å²) in [4.78, 5) is 33.1. The average Bonchev–Trinajstić information content (AvgIpc) is 2.69. The molecule has 0 saturated carbocycles. The van der Waals surface area contributed by atoms with Gasteiger partial charge < -0.3 is 4.90 Å². The molecule has 1 fully saturated rings.